The molecule has 15 nitrogen and oxygen atoms in total. The van der Waals surface area contributed by atoms with Gasteiger partial charge in [-0.15, -0.1) is 0 Å². The number of aliphatic carboxylic acids is 1. The first-order valence-corrected chi connectivity index (χ1v) is 9.29. The van der Waals surface area contributed by atoms with Gasteiger partial charge in [0.1, 0.15) is 24.2 Å². The maximum absolute atomic E-state index is 12.7. The molecule has 15 heteroatoms. The van der Waals surface area contributed by atoms with Gasteiger partial charge in [0.15, 0.2) is 5.96 Å². The molecule has 0 saturated heterocycles. The molecular formula is C16H31N7O8. The lowest BCUT2D eigenvalue weighted by Crippen LogP contribution is -2.60. The number of carboxylic acids is 1. The van der Waals surface area contributed by atoms with Crippen molar-refractivity contribution >= 4 is 29.7 Å². The molecule has 0 aliphatic rings. The maximum atomic E-state index is 12.7. The highest BCUT2D eigenvalue weighted by molar-refractivity contribution is 5.94. The fraction of sp³-hybridized carbons (Fsp3) is 0.688. The number of aliphatic hydroxyl groups excluding tert-OH is 3. The molecule has 178 valence electrons. The van der Waals surface area contributed by atoms with Crippen LogP contribution in [0.2, 0.25) is 0 Å². The first-order valence-electron chi connectivity index (χ1n) is 9.29. The number of rotatable bonds is 14. The fourth-order valence-electron chi connectivity index (χ4n) is 2.24. The Hall–Kier alpha value is -3.01. The van der Waals surface area contributed by atoms with E-state index in [1.807, 2.05) is 5.32 Å². The zero-order valence-electron chi connectivity index (χ0n) is 17.0. The first-order chi connectivity index (χ1) is 14.4. The summed E-state index contributed by atoms with van der Waals surface area (Å²) in [5.74, 6) is -4.49. The Morgan fingerprint density at radius 2 is 1.52 bits per heavy atom. The van der Waals surface area contributed by atoms with Gasteiger partial charge in [-0.05, 0) is 19.8 Å². The van der Waals surface area contributed by atoms with E-state index in [-0.39, 0.29) is 25.3 Å². The molecule has 0 aromatic rings. The number of nitrogens with zero attached hydrogens (tertiary/aromatic N) is 1. The van der Waals surface area contributed by atoms with Crippen molar-refractivity contribution in [2.75, 3.05) is 19.8 Å². The number of amides is 3. The normalized spacial score (nSPS) is 15.5. The van der Waals surface area contributed by atoms with Crippen molar-refractivity contribution < 1.29 is 39.6 Å². The van der Waals surface area contributed by atoms with Crippen molar-refractivity contribution in [1.82, 2.24) is 16.0 Å². The molecule has 0 aromatic heterocycles. The van der Waals surface area contributed by atoms with Gasteiger partial charge in [-0.25, -0.2) is 4.79 Å². The van der Waals surface area contributed by atoms with Crippen molar-refractivity contribution in [3.8, 4) is 0 Å². The van der Waals surface area contributed by atoms with E-state index in [0.29, 0.717) is 0 Å². The molecule has 0 rings (SSSR count). The number of nitrogens with two attached hydrogens (primary N) is 3. The summed E-state index contributed by atoms with van der Waals surface area (Å²) in [6.07, 6.45) is -1.20. The minimum atomic E-state index is -1.65. The molecule has 0 aliphatic carbocycles. The molecule has 0 saturated carbocycles. The summed E-state index contributed by atoms with van der Waals surface area (Å²) < 4.78 is 0. The van der Waals surface area contributed by atoms with Crippen molar-refractivity contribution in [3.63, 3.8) is 0 Å². The maximum Gasteiger partial charge on any atom is 0.328 e. The number of aliphatic imine (C=N–C) groups is 1. The Morgan fingerprint density at radius 1 is 0.935 bits per heavy atom. The summed E-state index contributed by atoms with van der Waals surface area (Å²) in [6.45, 7) is -0.285. The third-order valence-corrected chi connectivity index (χ3v) is 3.97. The molecule has 0 radical (unpaired) electrons. The van der Waals surface area contributed by atoms with Crippen LogP contribution in [0.3, 0.4) is 0 Å². The molecule has 5 atom stereocenters. The minimum absolute atomic E-state index is 0.00897. The molecule has 0 heterocycles. The number of hydrogen-bond donors (Lipinski definition) is 10. The lowest BCUT2D eigenvalue weighted by atomic mass is 10.1. The molecule has 13 N–H and O–H groups in total. The van der Waals surface area contributed by atoms with Gasteiger partial charge in [0.25, 0.3) is 0 Å². The number of carbonyl (C=O) groups is 4. The van der Waals surface area contributed by atoms with Crippen LogP contribution in [0.15, 0.2) is 4.99 Å². The van der Waals surface area contributed by atoms with Crippen LogP contribution in [0.4, 0.5) is 0 Å². The van der Waals surface area contributed by atoms with Crippen molar-refractivity contribution in [2.45, 2.75) is 50.0 Å². The lowest BCUT2D eigenvalue weighted by Gasteiger charge is -2.26. The summed E-state index contributed by atoms with van der Waals surface area (Å²) in [7, 11) is 0. The second-order valence-electron chi connectivity index (χ2n) is 6.61. The molecule has 0 fully saturated rings. The molecule has 0 bridgehead atoms. The molecule has 31 heavy (non-hydrogen) atoms. The molecule has 0 spiro atoms. The van der Waals surface area contributed by atoms with Gasteiger partial charge in [0.2, 0.25) is 17.7 Å². The Balaban J connectivity index is 5.36. The average Bonchev–Trinajstić information content (AvgIpc) is 2.70. The molecule has 5 unspecified atom stereocenters. The van der Waals surface area contributed by atoms with E-state index in [1.54, 1.807) is 0 Å². The van der Waals surface area contributed by atoms with Gasteiger partial charge in [0, 0.05) is 6.54 Å². The van der Waals surface area contributed by atoms with E-state index in [0.717, 1.165) is 0 Å². The van der Waals surface area contributed by atoms with Crippen molar-refractivity contribution in [1.29, 1.82) is 0 Å². The molecule has 3 amide bonds. The molecule has 0 aliphatic heterocycles. The van der Waals surface area contributed by atoms with Gasteiger partial charge in [-0.2, -0.15) is 0 Å². The topological polar surface area (TPSA) is 276 Å². The Bertz CT molecular complexity index is 654. The Labute approximate surface area is 178 Å². The largest absolute Gasteiger partial charge is 0.480 e. The van der Waals surface area contributed by atoms with E-state index in [2.05, 4.69) is 15.6 Å². The van der Waals surface area contributed by atoms with Gasteiger partial charge in [-0.1, -0.05) is 0 Å². The first kappa shape index (κ1) is 28.0. The monoisotopic (exact) mass is 449 g/mol. The average molecular weight is 449 g/mol. The van der Waals surface area contributed by atoms with Crippen molar-refractivity contribution in [2.24, 2.45) is 22.2 Å². The minimum Gasteiger partial charge on any atom is -0.480 e. The van der Waals surface area contributed by atoms with E-state index in [9.17, 15) is 24.3 Å². The second-order valence-corrected chi connectivity index (χ2v) is 6.61. The second kappa shape index (κ2) is 14.1. The number of aliphatic hydroxyl groups is 3. The van der Waals surface area contributed by atoms with Gasteiger partial charge in [-0.3, -0.25) is 19.4 Å². The van der Waals surface area contributed by atoms with Gasteiger partial charge < -0.3 is 53.6 Å². The molecule has 0 aromatic carbocycles. The van der Waals surface area contributed by atoms with Crippen LogP contribution in [0.5, 0.6) is 0 Å². The highest BCUT2D eigenvalue weighted by Crippen LogP contribution is 2.03. The van der Waals surface area contributed by atoms with Crippen LogP contribution in [0.25, 0.3) is 0 Å². The smallest absolute Gasteiger partial charge is 0.328 e. The summed E-state index contributed by atoms with van der Waals surface area (Å²) in [4.78, 5) is 51.6. The van der Waals surface area contributed by atoms with Crippen LogP contribution in [0.1, 0.15) is 19.8 Å². The highest BCUT2D eigenvalue weighted by Gasteiger charge is 2.32. The van der Waals surface area contributed by atoms with E-state index in [1.165, 1.54) is 6.92 Å². The summed E-state index contributed by atoms with van der Waals surface area (Å²) in [6, 6.07) is -5.78. The van der Waals surface area contributed by atoms with Crippen LogP contribution in [0, 0.1) is 0 Å². The van der Waals surface area contributed by atoms with E-state index < -0.39 is 67.2 Å². The van der Waals surface area contributed by atoms with Crippen LogP contribution >= 0.6 is 0 Å². The standard InChI is InChI=1S/C16H31N7O8/c1-7(26)11(14(29)22-10(6-25)15(30)31)23-13(28)9(3-2-4-20-16(18)19)21-12(27)8(17)5-24/h7-11,24-26H,2-6,17H2,1H3,(H,21,27)(H,22,29)(H,23,28)(H,30,31)(H4,18,19,20). The van der Waals surface area contributed by atoms with Crippen LogP contribution in [-0.2, 0) is 19.2 Å². The SMILES string of the molecule is CC(O)C(NC(=O)C(CCCN=C(N)N)NC(=O)C(N)CO)C(=O)NC(CO)C(=O)O. The predicted molar refractivity (Wildman–Crippen MR) is 107 cm³/mol. The number of carboxylic acid groups (broad SMARTS) is 1. The van der Waals surface area contributed by atoms with Gasteiger partial charge in [0.05, 0.1) is 19.3 Å². The Kier molecular flexibility index (Phi) is 12.7. The number of hydrogen-bond acceptors (Lipinski definition) is 9. The van der Waals surface area contributed by atoms with Crippen LogP contribution < -0.4 is 33.2 Å². The lowest BCUT2D eigenvalue weighted by molar-refractivity contribution is -0.144. The Morgan fingerprint density at radius 3 is 1.97 bits per heavy atom. The number of guanidine groups is 1. The molecular weight excluding hydrogens is 418 g/mol. The summed E-state index contributed by atoms with van der Waals surface area (Å²) in [5.41, 5.74) is 15.9. The van der Waals surface area contributed by atoms with Crippen molar-refractivity contribution in [3.05, 3.63) is 0 Å². The zero-order valence-corrected chi connectivity index (χ0v) is 17.0. The van der Waals surface area contributed by atoms with Crippen LogP contribution in [-0.4, -0.2) is 100 Å². The number of nitrogens with one attached hydrogen (secondary N) is 3. The summed E-state index contributed by atoms with van der Waals surface area (Å²) in [5, 5.41) is 43.3. The third kappa shape index (κ3) is 10.5. The van der Waals surface area contributed by atoms with Gasteiger partial charge >= 0.3 is 5.97 Å². The highest BCUT2D eigenvalue weighted by atomic mass is 16.4. The van der Waals surface area contributed by atoms with E-state index in [4.69, 9.17) is 32.5 Å². The zero-order chi connectivity index (χ0) is 24.1. The fourth-order valence-corrected chi connectivity index (χ4v) is 2.24. The van der Waals surface area contributed by atoms with E-state index >= 15 is 0 Å². The predicted octanol–water partition coefficient (Wildman–Crippen LogP) is -5.73. The summed E-state index contributed by atoms with van der Waals surface area (Å²) >= 11 is 0. The number of carbonyl (C=O) groups excluding carboxylic acids is 3. The quantitative estimate of drug-likeness (QED) is 0.0677. The third-order valence-electron chi connectivity index (χ3n) is 3.97.